The number of ether oxygens (including phenoxy) is 1. The highest BCUT2D eigenvalue weighted by Crippen LogP contribution is 2.38. The fourth-order valence-corrected chi connectivity index (χ4v) is 4.10. The lowest BCUT2D eigenvalue weighted by Gasteiger charge is -2.28. The molecule has 1 aromatic carbocycles. The summed E-state index contributed by atoms with van der Waals surface area (Å²) >= 11 is 0. The predicted molar refractivity (Wildman–Crippen MR) is 105 cm³/mol. The van der Waals surface area contributed by atoms with Crippen LogP contribution in [0.15, 0.2) is 36.5 Å². The zero-order chi connectivity index (χ0) is 18.4. The van der Waals surface area contributed by atoms with Gasteiger partial charge in [0.15, 0.2) is 0 Å². The van der Waals surface area contributed by atoms with Gasteiger partial charge in [0.25, 0.3) is 0 Å². The molecule has 140 valence electrons. The van der Waals surface area contributed by atoms with Crippen LogP contribution in [0.25, 0.3) is 11.3 Å². The number of rotatable bonds is 7. The van der Waals surface area contributed by atoms with Crippen molar-refractivity contribution < 1.29 is 9.13 Å². The molecule has 0 atom stereocenters. The molecule has 0 unspecified atom stereocenters. The van der Waals surface area contributed by atoms with Gasteiger partial charge >= 0.3 is 0 Å². The number of hydrogen-bond acceptors (Lipinski definition) is 2. The van der Waals surface area contributed by atoms with Crippen LogP contribution in [0.3, 0.4) is 0 Å². The topological polar surface area (TPSA) is 22.1 Å². The van der Waals surface area contributed by atoms with Gasteiger partial charge in [-0.1, -0.05) is 38.7 Å². The molecule has 2 nitrogen and oxygen atoms in total. The number of methoxy groups -OCH3 is 1. The molecule has 1 aliphatic carbocycles. The van der Waals surface area contributed by atoms with E-state index in [1.165, 1.54) is 63.0 Å². The van der Waals surface area contributed by atoms with Gasteiger partial charge in [-0.3, -0.25) is 4.98 Å². The Hall–Kier alpha value is -1.90. The Bertz CT molecular complexity index is 690. The van der Waals surface area contributed by atoms with Crippen molar-refractivity contribution in [1.29, 1.82) is 0 Å². The highest BCUT2D eigenvalue weighted by molar-refractivity contribution is 5.61. The van der Waals surface area contributed by atoms with Crippen molar-refractivity contribution in [2.75, 3.05) is 7.11 Å². The number of aromatic nitrogens is 1. The number of hydrogen-bond donors (Lipinski definition) is 0. The van der Waals surface area contributed by atoms with Crippen molar-refractivity contribution in [2.45, 2.75) is 64.2 Å². The third-order valence-electron chi connectivity index (χ3n) is 5.77. The molecule has 26 heavy (non-hydrogen) atoms. The van der Waals surface area contributed by atoms with Gasteiger partial charge in [-0.2, -0.15) is 0 Å². The van der Waals surface area contributed by atoms with Crippen LogP contribution in [-0.4, -0.2) is 12.1 Å². The van der Waals surface area contributed by atoms with Crippen LogP contribution in [0.2, 0.25) is 0 Å². The summed E-state index contributed by atoms with van der Waals surface area (Å²) < 4.78 is 19.3. The van der Waals surface area contributed by atoms with Gasteiger partial charge in [-0.25, -0.2) is 4.39 Å². The van der Waals surface area contributed by atoms with E-state index in [2.05, 4.69) is 18.0 Å². The van der Waals surface area contributed by atoms with Crippen LogP contribution >= 0.6 is 0 Å². The summed E-state index contributed by atoms with van der Waals surface area (Å²) in [5.41, 5.74) is 2.51. The number of benzene rings is 1. The largest absolute Gasteiger partial charge is 0.497 e. The fraction of sp³-hybridized carbons (Fsp3) is 0.522. The molecule has 3 heteroatoms. The lowest BCUT2D eigenvalue weighted by molar-refractivity contribution is 0.302. The van der Waals surface area contributed by atoms with E-state index in [0.29, 0.717) is 22.9 Å². The SMILES string of the molecule is CCCCC[C@H]1CC[C@H](c2ccc(-c3ccc(OC)cc3F)nc2)CC1. The summed E-state index contributed by atoms with van der Waals surface area (Å²) in [6.45, 7) is 2.27. The molecule has 0 N–H and O–H groups in total. The molecule has 2 aromatic rings. The lowest BCUT2D eigenvalue weighted by atomic mass is 9.77. The molecular formula is C23H30FNO. The molecule has 1 saturated carbocycles. The summed E-state index contributed by atoms with van der Waals surface area (Å²) in [5, 5.41) is 0. The van der Waals surface area contributed by atoms with E-state index in [1.807, 2.05) is 12.3 Å². The molecule has 0 bridgehead atoms. The van der Waals surface area contributed by atoms with E-state index in [1.54, 1.807) is 19.2 Å². The molecule has 1 fully saturated rings. The molecule has 1 aromatic heterocycles. The van der Waals surface area contributed by atoms with Crippen LogP contribution < -0.4 is 4.74 Å². The van der Waals surface area contributed by atoms with Crippen molar-refractivity contribution in [3.63, 3.8) is 0 Å². The molecule has 0 radical (unpaired) electrons. The van der Waals surface area contributed by atoms with E-state index >= 15 is 0 Å². The second-order valence-electron chi connectivity index (χ2n) is 7.54. The number of unbranched alkanes of at least 4 members (excludes halogenated alkanes) is 2. The zero-order valence-corrected chi connectivity index (χ0v) is 16.0. The van der Waals surface area contributed by atoms with E-state index in [4.69, 9.17) is 4.74 Å². The average molecular weight is 355 g/mol. The summed E-state index contributed by atoms with van der Waals surface area (Å²) in [7, 11) is 1.54. The molecule has 0 aliphatic heterocycles. The Morgan fingerprint density at radius 2 is 1.88 bits per heavy atom. The summed E-state index contributed by atoms with van der Waals surface area (Å²) in [5.74, 6) is 1.76. The van der Waals surface area contributed by atoms with E-state index in [-0.39, 0.29) is 5.82 Å². The Morgan fingerprint density at radius 3 is 2.50 bits per heavy atom. The molecule has 3 rings (SSSR count). The highest BCUT2D eigenvalue weighted by Gasteiger charge is 2.22. The molecule has 1 aliphatic rings. The third-order valence-corrected chi connectivity index (χ3v) is 5.77. The first-order valence-electron chi connectivity index (χ1n) is 10.0. The van der Waals surface area contributed by atoms with Gasteiger partial charge in [-0.05, 0) is 61.3 Å². The Kier molecular flexibility index (Phi) is 6.65. The minimum absolute atomic E-state index is 0.294. The van der Waals surface area contributed by atoms with Crippen molar-refractivity contribution in [2.24, 2.45) is 5.92 Å². The number of nitrogens with zero attached hydrogens (tertiary/aromatic N) is 1. The zero-order valence-electron chi connectivity index (χ0n) is 16.0. The van der Waals surface area contributed by atoms with Gasteiger partial charge in [0.1, 0.15) is 11.6 Å². The van der Waals surface area contributed by atoms with Crippen LogP contribution in [0.4, 0.5) is 4.39 Å². The quantitative estimate of drug-likeness (QED) is 0.512. The van der Waals surface area contributed by atoms with Gasteiger partial charge in [0, 0.05) is 17.8 Å². The Balaban J connectivity index is 1.60. The second kappa shape index (κ2) is 9.16. The first kappa shape index (κ1) is 18.9. The van der Waals surface area contributed by atoms with Gasteiger partial charge in [0.05, 0.1) is 12.8 Å². The number of pyridine rings is 1. The number of halogens is 1. The van der Waals surface area contributed by atoms with Crippen LogP contribution in [0, 0.1) is 11.7 Å². The van der Waals surface area contributed by atoms with Gasteiger partial charge in [0.2, 0.25) is 0 Å². The van der Waals surface area contributed by atoms with E-state index in [9.17, 15) is 4.39 Å². The summed E-state index contributed by atoms with van der Waals surface area (Å²) in [6, 6.07) is 9.00. The van der Waals surface area contributed by atoms with Crippen LogP contribution in [-0.2, 0) is 0 Å². The third kappa shape index (κ3) is 4.63. The predicted octanol–water partition coefficient (Wildman–Crippen LogP) is 6.75. The monoisotopic (exact) mass is 355 g/mol. The minimum Gasteiger partial charge on any atom is -0.497 e. The highest BCUT2D eigenvalue weighted by atomic mass is 19.1. The molecule has 0 spiro atoms. The van der Waals surface area contributed by atoms with Crippen LogP contribution in [0.5, 0.6) is 5.75 Å². The smallest absolute Gasteiger partial charge is 0.136 e. The summed E-state index contributed by atoms with van der Waals surface area (Å²) in [4.78, 5) is 4.54. The average Bonchev–Trinajstić information content (AvgIpc) is 2.69. The Morgan fingerprint density at radius 1 is 1.08 bits per heavy atom. The standard InChI is InChI=1S/C23H30FNO/c1-3-4-5-6-17-7-9-18(10-8-17)19-11-14-23(25-16-19)21-13-12-20(26-2)15-22(21)24/h11-18H,3-10H2,1-2H3/t17-,18-. The maximum absolute atomic E-state index is 14.2. The Labute approximate surface area is 156 Å². The van der Waals surface area contributed by atoms with Gasteiger partial charge in [-0.15, -0.1) is 0 Å². The van der Waals surface area contributed by atoms with Crippen molar-refractivity contribution in [3.8, 4) is 17.0 Å². The van der Waals surface area contributed by atoms with E-state index in [0.717, 1.165) is 5.92 Å². The molecule has 0 saturated heterocycles. The van der Waals surface area contributed by atoms with Crippen LogP contribution in [0.1, 0.15) is 69.8 Å². The maximum atomic E-state index is 14.2. The normalized spacial score (nSPS) is 20.1. The fourth-order valence-electron chi connectivity index (χ4n) is 4.10. The van der Waals surface area contributed by atoms with E-state index < -0.39 is 0 Å². The molecule has 1 heterocycles. The van der Waals surface area contributed by atoms with Gasteiger partial charge < -0.3 is 4.74 Å². The van der Waals surface area contributed by atoms with Crippen molar-refractivity contribution in [3.05, 3.63) is 47.9 Å². The summed E-state index contributed by atoms with van der Waals surface area (Å²) in [6.07, 6.45) is 12.6. The van der Waals surface area contributed by atoms with Crippen molar-refractivity contribution in [1.82, 2.24) is 4.98 Å². The first-order chi connectivity index (χ1) is 12.7. The second-order valence-corrected chi connectivity index (χ2v) is 7.54. The van der Waals surface area contributed by atoms with Crippen molar-refractivity contribution >= 4 is 0 Å². The maximum Gasteiger partial charge on any atom is 0.136 e. The molecular weight excluding hydrogens is 325 g/mol. The minimum atomic E-state index is -0.294. The lowest BCUT2D eigenvalue weighted by Crippen LogP contribution is -2.13. The molecule has 0 amide bonds. The first-order valence-corrected chi connectivity index (χ1v) is 10.0.